The molecule has 47 heavy (non-hydrogen) atoms. The first kappa shape index (κ1) is 34.6. The third-order valence-corrected chi connectivity index (χ3v) is 10.2. The molecular weight excluding hydrogens is 687 g/mol. The monoisotopic (exact) mass is 717 g/mol. The lowest BCUT2D eigenvalue weighted by atomic mass is 9.94. The van der Waals surface area contributed by atoms with Crippen LogP contribution in [0.2, 0.25) is 20.1 Å². The minimum atomic E-state index is -0.998. The summed E-state index contributed by atoms with van der Waals surface area (Å²) in [7, 11) is 0. The minimum Gasteiger partial charge on any atom is -0.396 e. The number of fused-ring (bicyclic) bond motifs is 1. The van der Waals surface area contributed by atoms with Gasteiger partial charge in [-0.05, 0) is 56.7 Å². The number of allylic oxidation sites excluding steroid dienone is 2. The molecule has 246 valence electrons. The molecule has 0 aliphatic carbocycles. The van der Waals surface area contributed by atoms with E-state index in [1.807, 2.05) is 45.6 Å². The fourth-order valence-corrected chi connectivity index (χ4v) is 7.48. The van der Waals surface area contributed by atoms with Gasteiger partial charge in [-0.15, -0.1) is 0 Å². The number of halogens is 5. The number of hydrogen-bond donors (Lipinski definition) is 2. The second kappa shape index (κ2) is 13.0. The molecule has 9 nitrogen and oxygen atoms in total. The maximum absolute atomic E-state index is 15.2. The van der Waals surface area contributed by atoms with Crippen LogP contribution < -0.4 is 21.5 Å². The average molecular weight is 719 g/mol. The van der Waals surface area contributed by atoms with Crippen molar-refractivity contribution in [2.45, 2.75) is 52.7 Å². The molecule has 0 radical (unpaired) electrons. The van der Waals surface area contributed by atoms with Gasteiger partial charge in [0.05, 0.1) is 48.9 Å². The number of pyridine rings is 2. The Kier molecular flexibility index (Phi) is 9.59. The Morgan fingerprint density at radius 1 is 1.19 bits per heavy atom. The fraction of sp³-hybridized carbons (Fsp3) is 0.333. The number of benzene rings is 1. The third-order valence-electron chi connectivity index (χ3n) is 8.61. The van der Waals surface area contributed by atoms with E-state index >= 15 is 4.39 Å². The number of piperazine rings is 1. The Balaban J connectivity index is 1.92. The van der Waals surface area contributed by atoms with E-state index in [2.05, 4.69) is 18.0 Å². The highest BCUT2D eigenvalue weighted by Gasteiger charge is 2.36. The van der Waals surface area contributed by atoms with Crippen molar-refractivity contribution in [3.05, 3.63) is 78.4 Å². The molecule has 1 amide bonds. The van der Waals surface area contributed by atoms with Crippen molar-refractivity contribution < 1.29 is 9.18 Å². The number of nitrogen functional groups attached to an aromatic ring is 1. The molecule has 14 heteroatoms. The maximum atomic E-state index is 15.2. The van der Waals surface area contributed by atoms with Crippen molar-refractivity contribution >= 4 is 80.4 Å². The summed E-state index contributed by atoms with van der Waals surface area (Å²) in [5, 5.41) is 13.4. The normalized spacial score (nSPS) is 19.7. The lowest BCUT2D eigenvalue weighted by Crippen LogP contribution is -2.58. The van der Waals surface area contributed by atoms with Crippen molar-refractivity contribution in [1.82, 2.24) is 19.8 Å². The summed E-state index contributed by atoms with van der Waals surface area (Å²) in [4.78, 5) is 35.8. The van der Waals surface area contributed by atoms with Gasteiger partial charge in [-0.1, -0.05) is 66.8 Å². The van der Waals surface area contributed by atoms with Crippen molar-refractivity contribution in [2.75, 3.05) is 23.7 Å². The molecule has 5 rings (SSSR count). The maximum Gasteiger partial charge on any atom is 0.276 e. The van der Waals surface area contributed by atoms with E-state index in [1.54, 1.807) is 17.2 Å². The van der Waals surface area contributed by atoms with Crippen molar-refractivity contribution in [3.63, 3.8) is 0 Å². The number of nitrogens with two attached hydrogens (primary N) is 1. The summed E-state index contributed by atoms with van der Waals surface area (Å²) in [6.45, 7) is 13.8. The molecular formula is C33H32Cl4FN7O2. The molecule has 4 heterocycles. The van der Waals surface area contributed by atoms with E-state index in [0.717, 1.165) is 5.57 Å². The highest BCUT2D eigenvalue weighted by atomic mass is 35.5. The number of anilines is 2. The molecule has 0 saturated carbocycles. The van der Waals surface area contributed by atoms with Crippen LogP contribution in [0.3, 0.4) is 0 Å². The van der Waals surface area contributed by atoms with E-state index < -0.39 is 22.1 Å². The summed E-state index contributed by atoms with van der Waals surface area (Å²) >= 11 is 25.8. The van der Waals surface area contributed by atoms with E-state index in [1.165, 1.54) is 10.6 Å². The molecule has 3 N–H and O–H groups in total. The molecule has 0 bridgehead atoms. The fourth-order valence-electron chi connectivity index (χ4n) is 6.53. The second-order valence-electron chi connectivity index (χ2n) is 12.1. The van der Waals surface area contributed by atoms with Gasteiger partial charge in [0.25, 0.3) is 5.56 Å². The second-order valence-corrected chi connectivity index (χ2v) is 13.6. The highest BCUT2D eigenvalue weighted by molar-refractivity contribution is 6.50. The van der Waals surface area contributed by atoms with Crippen LogP contribution in [0.4, 0.5) is 15.8 Å². The number of nitrogens with zero attached hydrogens (tertiary/aromatic N) is 5. The number of amides is 1. The van der Waals surface area contributed by atoms with Gasteiger partial charge in [0.15, 0.2) is 5.82 Å². The predicted octanol–water partition coefficient (Wildman–Crippen LogP) is 7.25. The number of nitrogens with one attached hydrogen (secondary N) is 1. The van der Waals surface area contributed by atoms with Gasteiger partial charge in [0.1, 0.15) is 17.3 Å². The predicted molar refractivity (Wildman–Crippen MR) is 189 cm³/mol. The molecule has 3 aromatic rings. The summed E-state index contributed by atoms with van der Waals surface area (Å²) in [6, 6.07) is 2.77. The van der Waals surface area contributed by atoms with Crippen LogP contribution in [-0.2, 0) is 4.79 Å². The number of rotatable bonds is 5. The van der Waals surface area contributed by atoms with E-state index in [-0.39, 0.29) is 67.5 Å². The molecule has 2 aliphatic heterocycles. The topological polar surface area (TPSA) is 120 Å². The molecule has 0 spiro atoms. The van der Waals surface area contributed by atoms with Crippen LogP contribution in [0, 0.1) is 23.1 Å². The minimum absolute atomic E-state index is 0.00794. The summed E-state index contributed by atoms with van der Waals surface area (Å²) < 4.78 is 16.6. The Bertz CT molecular complexity index is 1980. The van der Waals surface area contributed by atoms with Gasteiger partial charge < -0.3 is 20.9 Å². The lowest BCUT2D eigenvalue weighted by Gasteiger charge is -2.45. The molecule has 1 saturated heterocycles. The Morgan fingerprint density at radius 3 is 2.40 bits per heavy atom. The van der Waals surface area contributed by atoms with Crippen LogP contribution in [0.15, 0.2) is 41.4 Å². The third kappa shape index (κ3) is 5.63. The molecule has 2 aliphatic rings. The molecule has 2 aromatic heterocycles. The van der Waals surface area contributed by atoms with Crippen LogP contribution in [-0.4, -0.2) is 51.6 Å². The number of hydrogen-bond acceptors (Lipinski definition) is 7. The molecule has 1 fully saturated rings. The van der Waals surface area contributed by atoms with Crippen LogP contribution in [0.5, 0.6) is 0 Å². The first-order valence-electron chi connectivity index (χ1n) is 14.8. The Labute approximate surface area is 291 Å². The first-order chi connectivity index (χ1) is 22.2. The number of nitriles is 1. The summed E-state index contributed by atoms with van der Waals surface area (Å²) in [5.74, 6) is -1.21. The van der Waals surface area contributed by atoms with E-state index in [0.29, 0.717) is 29.9 Å². The number of aromatic nitrogens is 2. The lowest BCUT2D eigenvalue weighted by molar-refractivity contribution is -0.130. The van der Waals surface area contributed by atoms with Crippen molar-refractivity contribution in [1.29, 1.82) is 5.26 Å². The zero-order valence-corrected chi connectivity index (χ0v) is 29.3. The molecule has 1 unspecified atom stereocenters. The summed E-state index contributed by atoms with van der Waals surface area (Å²) in [6.07, 6.45) is 4.89. The van der Waals surface area contributed by atoms with Crippen LogP contribution >= 0.6 is 46.4 Å². The zero-order chi connectivity index (χ0) is 34.6. The van der Waals surface area contributed by atoms with Crippen LogP contribution in [0.25, 0.3) is 28.0 Å². The largest absolute Gasteiger partial charge is 0.396 e. The van der Waals surface area contributed by atoms with Gasteiger partial charge in [0, 0.05) is 36.1 Å². The Morgan fingerprint density at radius 2 is 1.83 bits per heavy atom. The van der Waals surface area contributed by atoms with Gasteiger partial charge >= 0.3 is 0 Å². The average Bonchev–Trinajstić information content (AvgIpc) is 3.02. The number of carbonyl (C=O) groups is 1. The summed E-state index contributed by atoms with van der Waals surface area (Å²) in [5.41, 5.74) is 6.66. The van der Waals surface area contributed by atoms with Gasteiger partial charge in [0.2, 0.25) is 5.91 Å². The number of dihydropyridines is 1. The standard InChI is InChI=1S/C33H32Cl4FN7O2/c1-7-21(46)44-16(5)12-43(13-17(44)6)31-18-10-20(34)29(22-23(35)24(36)25(37)26(38)27(22)40)42-32(18)45(33(47)19(31)11-39)30-15(4)8-9-41-28(30)14(2)3/h7-10,14,16-17,28,41H,1,12-13,40H2,2-6H3/t16-,17+,28?. The zero-order valence-electron chi connectivity index (χ0n) is 26.3. The van der Waals surface area contributed by atoms with Crippen LogP contribution in [0.1, 0.15) is 40.2 Å². The first-order valence-corrected chi connectivity index (χ1v) is 16.3. The van der Waals surface area contributed by atoms with Crippen molar-refractivity contribution in [3.8, 4) is 17.3 Å². The smallest absolute Gasteiger partial charge is 0.276 e. The van der Waals surface area contributed by atoms with Gasteiger partial charge in [-0.25, -0.2) is 9.37 Å². The highest BCUT2D eigenvalue weighted by Crippen LogP contribution is 2.47. The van der Waals surface area contributed by atoms with Gasteiger partial charge in [-0.2, -0.15) is 5.26 Å². The molecule has 1 aromatic carbocycles. The Hall–Kier alpha value is -3.75. The van der Waals surface area contributed by atoms with Gasteiger partial charge in [-0.3, -0.25) is 14.2 Å². The van der Waals surface area contributed by atoms with E-state index in [4.69, 9.17) is 57.1 Å². The van der Waals surface area contributed by atoms with E-state index in [9.17, 15) is 14.9 Å². The quantitative estimate of drug-likeness (QED) is 0.123. The molecule has 3 atom stereocenters. The SMILES string of the molecule is C=CC(=O)N1[C@H](C)CN(c2c(C#N)c(=O)n(C3=C(C)C=CNC3C(C)C)c3nc(-c4c(N)c(F)c(Cl)c(Cl)c4Cl)c(Cl)cc23)C[C@@H]1C. The van der Waals surface area contributed by atoms with Crippen molar-refractivity contribution in [2.24, 2.45) is 5.92 Å². The number of carbonyl (C=O) groups excluding carboxylic acids is 1.